The minimum absolute atomic E-state index is 0.0388. The summed E-state index contributed by atoms with van der Waals surface area (Å²) < 4.78 is 30.6. The monoisotopic (exact) mass is 1050 g/mol. The van der Waals surface area contributed by atoms with Crippen molar-refractivity contribution in [3.63, 3.8) is 0 Å². The number of ether oxygens (including phenoxy) is 1. The van der Waals surface area contributed by atoms with Gasteiger partial charge in [0.05, 0.1) is 33.8 Å². The molecule has 0 aromatic rings. The Kier molecular flexibility index (Phi) is 51.5. The number of allylic oxidation sites excluding steroid dienone is 9. The fraction of sp³-hybridized carbons (Fsp3) is 0.810. The van der Waals surface area contributed by atoms with E-state index in [0.29, 0.717) is 23.9 Å². The number of likely N-dealkylation sites (N-methyl/N-ethyl adjacent to an activating group) is 1. The smallest absolute Gasteiger partial charge is 0.456 e. The fourth-order valence-corrected chi connectivity index (χ4v) is 9.42. The van der Waals surface area contributed by atoms with Gasteiger partial charge in [0, 0.05) is 12.8 Å². The van der Waals surface area contributed by atoms with E-state index < -0.39 is 20.0 Å². The quantitative estimate of drug-likeness (QED) is 0.0205. The minimum Gasteiger partial charge on any atom is -0.456 e. The molecule has 10 heteroatoms. The summed E-state index contributed by atoms with van der Waals surface area (Å²) in [7, 11) is 1.49. The third-order valence-corrected chi connectivity index (χ3v) is 14.4. The van der Waals surface area contributed by atoms with Gasteiger partial charge in [-0.05, 0) is 76.7 Å². The first-order valence-electron chi connectivity index (χ1n) is 30.6. The van der Waals surface area contributed by atoms with Gasteiger partial charge in [-0.15, -0.1) is 0 Å². The number of hydrogen-bond acceptors (Lipinski definition) is 6. The highest BCUT2D eigenvalue weighted by Crippen LogP contribution is 2.43. The largest absolute Gasteiger partial charge is 0.472 e. The molecule has 0 fully saturated rings. The number of quaternary nitrogens is 1. The van der Waals surface area contributed by atoms with Crippen molar-refractivity contribution in [3.05, 3.63) is 60.8 Å². The minimum atomic E-state index is -4.44. The number of nitrogens with zero attached hydrogens (tertiary/aromatic N) is 1. The normalized spacial score (nSPS) is 14.1. The topological polar surface area (TPSA) is 111 Å². The standard InChI is InChI=1S/C63H117N2O7P/c1-7-10-13-16-19-22-25-26-27-28-29-30-31-32-33-34-35-36-37-38-41-43-46-49-52-55-62(66)64-60(59-71-73(68,69)70-58-57-65(4,5)6)61(54-51-48-45-42-39-23-20-17-14-11-8-2)72-63(67)56-53-50-47-44-40-24-21-18-15-12-9-3/h19,22,26-27,29-30,32-33,51,54,60-61H,7-18,20-21,23-25,28,31,34-50,52-53,55-59H2,1-6H3,(H-,64,66,68,69)/p+1/b22-19-,27-26-,30-29-,33-32-,54-51-. The molecule has 0 aliphatic rings. The molecule has 2 N–H and O–H groups in total. The lowest BCUT2D eigenvalue weighted by Crippen LogP contribution is -2.47. The third kappa shape index (κ3) is 54.3. The number of esters is 1. The molecule has 0 saturated carbocycles. The molecule has 73 heavy (non-hydrogen) atoms. The summed E-state index contributed by atoms with van der Waals surface area (Å²) in [5.41, 5.74) is 0. The van der Waals surface area contributed by atoms with Gasteiger partial charge in [-0.3, -0.25) is 18.6 Å². The summed E-state index contributed by atoms with van der Waals surface area (Å²) in [6.07, 6.45) is 66.5. The van der Waals surface area contributed by atoms with Crippen molar-refractivity contribution >= 4 is 19.7 Å². The maximum atomic E-state index is 13.5. The zero-order chi connectivity index (χ0) is 53.6. The van der Waals surface area contributed by atoms with E-state index in [1.807, 2.05) is 33.3 Å². The summed E-state index contributed by atoms with van der Waals surface area (Å²) in [6, 6.07) is -0.849. The lowest BCUT2D eigenvalue weighted by atomic mass is 10.0. The maximum absolute atomic E-state index is 13.5. The molecule has 0 bridgehead atoms. The van der Waals surface area contributed by atoms with Crippen molar-refractivity contribution in [2.24, 2.45) is 0 Å². The van der Waals surface area contributed by atoms with Gasteiger partial charge in [0.25, 0.3) is 0 Å². The molecule has 0 radical (unpaired) electrons. The van der Waals surface area contributed by atoms with Crippen LogP contribution in [0.1, 0.15) is 278 Å². The zero-order valence-corrected chi connectivity index (χ0v) is 49.5. The third-order valence-electron chi connectivity index (χ3n) is 13.5. The van der Waals surface area contributed by atoms with Crippen LogP contribution in [-0.4, -0.2) is 74.3 Å². The SMILES string of the molecule is CCCCC/C=C\C/C=C\C/C=C\C/C=C\CCCCCCCCCCCC(=O)NC(COP(=O)(O)OCC[N+](C)(C)C)C(/C=C\CCCCCCCCCCC)OC(=O)CCCCCCCCCCCCC. The second kappa shape index (κ2) is 53.1. The van der Waals surface area contributed by atoms with Gasteiger partial charge in [-0.2, -0.15) is 0 Å². The van der Waals surface area contributed by atoms with Gasteiger partial charge in [0.2, 0.25) is 5.91 Å². The molecule has 0 aromatic carbocycles. The van der Waals surface area contributed by atoms with Gasteiger partial charge < -0.3 is 19.4 Å². The van der Waals surface area contributed by atoms with Crippen LogP contribution in [0.5, 0.6) is 0 Å². The molecule has 3 unspecified atom stereocenters. The van der Waals surface area contributed by atoms with E-state index in [2.05, 4.69) is 74.7 Å². The Labute approximate surface area is 451 Å². The number of hydrogen-bond donors (Lipinski definition) is 2. The summed E-state index contributed by atoms with van der Waals surface area (Å²) in [5.74, 6) is -0.508. The number of nitrogens with one attached hydrogen (secondary N) is 1. The van der Waals surface area contributed by atoms with Crippen LogP contribution in [0.3, 0.4) is 0 Å². The van der Waals surface area contributed by atoms with Crippen LogP contribution in [0.15, 0.2) is 60.8 Å². The predicted molar refractivity (Wildman–Crippen MR) is 314 cm³/mol. The van der Waals surface area contributed by atoms with E-state index in [1.165, 1.54) is 154 Å². The molecule has 0 aromatic heterocycles. The van der Waals surface area contributed by atoms with Crippen LogP contribution in [0.4, 0.5) is 0 Å². The Hall–Kier alpha value is -2.29. The Morgan fingerprint density at radius 2 is 0.836 bits per heavy atom. The summed E-state index contributed by atoms with van der Waals surface area (Å²) in [6.45, 7) is 6.97. The van der Waals surface area contributed by atoms with Crippen LogP contribution in [0.25, 0.3) is 0 Å². The van der Waals surface area contributed by atoms with Crippen molar-refractivity contribution in [2.75, 3.05) is 40.9 Å². The van der Waals surface area contributed by atoms with Gasteiger partial charge in [-0.25, -0.2) is 4.57 Å². The second-order valence-corrected chi connectivity index (χ2v) is 23.3. The molecule has 0 rings (SSSR count). The van der Waals surface area contributed by atoms with Crippen molar-refractivity contribution < 1.29 is 37.3 Å². The lowest BCUT2D eigenvalue weighted by molar-refractivity contribution is -0.870. The molecule has 0 aliphatic carbocycles. The molecule has 0 saturated heterocycles. The van der Waals surface area contributed by atoms with Gasteiger partial charge in [0.1, 0.15) is 19.3 Å². The highest BCUT2D eigenvalue weighted by Gasteiger charge is 2.30. The Morgan fingerprint density at radius 1 is 0.479 bits per heavy atom. The van der Waals surface area contributed by atoms with Crippen molar-refractivity contribution in [3.8, 4) is 0 Å². The number of phosphoric acid groups is 1. The van der Waals surface area contributed by atoms with Crippen molar-refractivity contribution in [1.82, 2.24) is 5.32 Å². The van der Waals surface area contributed by atoms with Crippen LogP contribution in [-0.2, 0) is 27.9 Å². The van der Waals surface area contributed by atoms with Crippen molar-refractivity contribution in [2.45, 2.75) is 290 Å². The fourth-order valence-electron chi connectivity index (χ4n) is 8.69. The lowest BCUT2D eigenvalue weighted by Gasteiger charge is -2.27. The molecule has 0 aliphatic heterocycles. The number of unbranched alkanes of at least 4 members (excludes halogenated alkanes) is 31. The zero-order valence-electron chi connectivity index (χ0n) is 48.6. The van der Waals surface area contributed by atoms with Crippen LogP contribution in [0.2, 0.25) is 0 Å². The van der Waals surface area contributed by atoms with E-state index in [0.717, 1.165) is 89.9 Å². The van der Waals surface area contributed by atoms with Crippen LogP contribution >= 0.6 is 7.82 Å². The molecule has 9 nitrogen and oxygen atoms in total. The van der Waals surface area contributed by atoms with E-state index in [1.54, 1.807) is 0 Å². The van der Waals surface area contributed by atoms with Gasteiger partial charge in [-0.1, -0.05) is 249 Å². The molecule has 0 spiro atoms. The molecular formula is C63H118N2O7P+. The highest BCUT2D eigenvalue weighted by molar-refractivity contribution is 7.47. The van der Waals surface area contributed by atoms with Crippen LogP contribution < -0.4 is 5.32 Å². The van der Waals surface area contributed by atoms with E-state index in [9.17, 15) is 19.0 Å². The van der Waals surface area contributed by atoms with Gasteiger partial charge in [0.15, 0.2) is 0 Å². The molecule has 1 amide bonds. The van der Waals surface area contributed by atoms with E-state index >= 15 is 0 Å². The number of carbonyl (C=O) groups excluding carboxylic acids is 2. The number of amides is 1. The maximum Gasteiger partial charge on any atom is 0.472 e. The highest BCUT2D eigenvalue weighted by atomic mass is 31.2. The second-order valence-electron chi connectivity index (χ2n) is 21.9. The van der Waals surface area contributed by atoms with Gasteiger partial charge >= 0.3 is 13.8 Å². The molecule has 0 heterocycles. The first-order valence-corrected chi connectivity index (χ1v) is 32.1. The number of carbonyl (C=O) groups is 2. The van der Waals surface area contributed by atoms with E-state index in [4.69, 9.17) is 13.8 Å². The Morgan fingerprint density at radius 3 is 1.27 bits per heavy atom. The summed E-state index contributed by atoms with van der Waals surface area (Å²) in [5, 5.41) is 3.05. The summed E-state index contributed by atoms with van der Waals surface area (Å²) in [4.78, 5) is 37.6. The first kappa shape index (κ1) is 70.7. The Bertz CT molecular complexity index is 1440. The van der Waals surface area contributed by atoms with Crippen molar-refractivity contribution in [1.29, 1.82) is 0 Å². The average molecular weight is 1050 g/mol. The molecule has 3 atom stereocenters. The van der Waals surface area contributed by atoms with E-state index in [-0.39, 0.29) is 25.1 Å². The first-order chi connectivity index (χ1) is 35.4. The summed E-state index contributed by atoms with van der Waals surface area (Å²) >= 11 is 0. The average Bonchev–Trinajstić information content (AvgIpc) is 3.35. The van der Waals surface area contributed by atoms with Crippen LogP contribution in [0, 0.1) is 0 Å². The number of rotatable bonds is 55. The predicted octanol–water partition coefficient (Wildman–Crippen LogP) is 18.7. The Balaban J connectivity index is 5.09. The number of phosphoric ester groups is 1. The molecule has 426 valence electrons. The molecular weight excluding hydrogens is 928 g/mol.